The maximum Gasteiger partial charge on any atom is 0.420 e. The van der Waals surface area contributed by atoms with Crippen LogP contribution >= 0.6 is 11.8 Å². The molecule has 38 heavy (non-hydrogen) atoms. The SMILES string of the molecule is CSc1cc(NC(=O)c2c(C(F)(F)F)c(C3CC3)nn2CC2CCC23CN(C(=O)OC(C)(C)C)C3)ccn1. The Balaban J connectivity index is 1.40. The van der Waals surface area contributed by atoms with Gasteiger partial charge in [0.1, 0.15) is 16.9 Å². The van der Waals surface area contributed by atoms with Crippen molar-refractivity contribution in [2.75, 3.05) is 24.7 Å². The molecule has 0 aromatic carbocycles. The molecule has 2 aliphatic carbocycles. The van der Waals surface area contributed by atoms with E-state index in [0.717, 1.165) is 12.8 Å². The number of halogens is 3. The van der Waals surface area contributed by atoms with Crippen LogP contribution in [-0.2, 0) is 17.5 Å². The number of aromatic nitrogens is 3. The van der Waals surface area contributed by atoms with E-state index >= 15 is 0 Å². The molecule has 3 fully saturated rings. The largest absolute Gasteiger partial charge is 0.444 e. The van der Waals surface area contributed by atoms with E-state index in [4.69, 9.17) is 4.74 Å². The molecule has 1 aliphatic heterocycles. The Hall–Kier alpha value is -2.76. The average Bonchev–Trinajstić information content (AvgIpc) is 3.54. The van der Waals surface area contributed by atoms with E-state index in [0.29, 0.717) is 36.6 Å². The van der Waals surface area contributed by atoms with Gasteiger partial charge in [-0.25, -0.2) is 9.78 Å². The number of carbonyl (C=O) groups excluding carboxylic acids is 2. The van der Waals surface area contributed by atoms with Gasteiger partial charge >= 0.3 is 12.3 Å². The Morgan fingerprint density at radius 2 is 1.92 bits per heavy atom. The summed E-state index contributed by atoms with van der Waals surface area (Å²) in [6.45, 7) is 6.59. The Morgan fingerprint density at radius 1 is 1.21 bits per heavy atom. The second-order valence-corrected chi connectivity index (χ2v) is 12.4. The molecule has 206 valence electrons. The van der Waals surface area contributed by atoms with Gasteiger partial charge in [0, 0.05) is 42.9 Å². The van der Waals surface area contributed by atoms with Gasteiger partial charge < -0.3 is 15.0 Å². The maximum absolute atomic E-state index is 14.4. The Bertz CT molecular complexity index is 1250. The maximum atomic E-state index is 14.4. The van der Waals surface area contributed by atoms with Crippen molar-refractivity contribution in [1.82, 2.24) is 19.7 Å². The summed E-state index contributed by atoms with van der Waals surface area (Å²) in [6, 6.07) is 3.17. The van der Waals surface area contributed by atoms with Crippen molar-refractivity contribution in [1.29, 1.82) is 0 Å². The molecule has 1 saturated heterocycles. The fourth-order valence-corrected chi connectivity index (χ4v) is 5.80. The van der Waals surface area contributed by atoms with Crippen LogP contribution in [0.2, 0.25) is 0 Å². The highest BCUT2D eigenvalue weighted by Crippen LogP contribution is 2.54. The van der Waals surface area contributed by atoms with E-state index in [-0.39, 0.29) is 35.6 Å². The van der Waals surface area contributed by atoms with Gasteiger partial charge in [0.05, 0.1) is 10.7 Å². The van der Waals surface area contributed by atoms with Crippen LogP contribution in [-0.4, -0.2) is 56.6 Å². The van der Waals surface area contributed by atoms with Crippen molar-refractivity contribution in [2.45, 2.75) is 75.7 Å². The number of amides is 2. The van der Waals surface area contributed by atoms with E-state index in [2.05, 4.69) is 15.4 Å². The first-order chi connectivity index (χ1) is 17.8. The first-order valence-electron chi connectivity index (χ1n) is 12.8. The van der Waals surface area contributed by atoms with Gasteiger partial charge in [-0.2, -0.15) is 18.3 Å². The van der Waals surface area contributed by atoms with Crippen LogP contribution in [0.4, 0.5) is 23.7 Å². The van der Waals surface area contributed by atoms with Gasteiger partial charge in [0.2, 0.25) is 0 Å². The van der Waals surface area contributed by atoms with Crippen LogP contribution in [0, 0.1) is 11.3 Å². The molecule has 0 bridgehead atoms. The number of ether oxygens (including phenoxy) is 1. The van der Waals surface area contributed by atoms with E-state index in [1.54, 1.807) is 37.8 Å². The highest BCUT2D eigenvalue weighted by molar-refractivity contribution is 7.98. The summed E-state index contributed by atoms with van der Waals surface area (Å²) in [4.78, 5) is 31.6. The van der Waals surface area contributed by atoms with Crippen LogP contribution in [0.3, 0.4) is 0 Å². The number of hydrogen-bond donors (Lipinski definition) is 1. The first kappa shape index (κ1) is 26.8. The third-order valence-corrected chi connectivity index (χ3v) is 8.20. The van der Waals surface area contributed by atoms with Gasteiger partial charge in [-0.3, -0.25) is 9.48 Å². The van der Waals surface area contributed by atoms with Gasteiger partial charge in [-0.1, -0.05) is 0 Å². The average molecular weight is 552 g/mol. The minimum absolute atomic E-state index is 0.00444. The van der Waals surface area contributed by atoms with Gasteiger partial charge in [0.15, 0.2) is 0 Å². The standard InChI is InChI=1S/C26H32F3N5O3S/c1-24(2,3)37-23(36)33-13-25(14-33)9-7-16(25)12-34-21(19(26(27,28)29)20(32-34)15-5-6-15)22(35)31-17-8-10-30-18(11-17)38-4/h8,10-11,15-16H,5-7,9,12-14H2,1-4H3,(H,30,31,35). The number of alkyl halides is 3. The second-order valence-electron chi connectivity index (χ2n) is 11.5. The molecule has 1 spiro atoms. The fraction of sp³-hybridized carbons (Fsp3) is 0.615. The first-order valence-corrected chi connectivity index (χ1v) is 14.0. The van der Waals surface area contributed by atoms with Crippen LogP contribution in [0.1, 0.15) is 74.1 Å². The smallest absolute Gasteiger partial charge is 0.420 e. The number of likely N-dealkylation sites (tertiary alicyclic amines) is 1. The Morgan fingerprint density at radius 3 is 2.47 bits per heavy atom. The monoisotopic (exact) mass is 551 g/mol. The third kappa shape index (κ3) is 5.23. The number of thioether (sulfide) groups is 1. The molecule has 2 saturated carbocycles. The molecule has 0 radical (unpaired) electrons. The van der Waals surface area contributed by atoms with E-state index in [9.17, 15) is 22.8 Å². The fourth-order valence-electron chi connectivity index (χ4n) is 5.39. The van der Waals surface area contributed by atoms with Crippen molar-refractivity contribution >= 4 is 29.4 Å². The molecule has 1 N–H and O–H groups in total. The summed E-state index contributed by atoms with van der Waals surface area (Å²) in [6.07, 6.45) is 1.15. The van der Waals surface area contributed by atoms with Crippen molar-refractivity contribution in [3.8, 4) is 0 Å². The molecule has 1 atom stereocenters. The lowest BCUT2D eigenvalue weighted by molar-refractivity contribution is -0.138. The minimum Gasteiger partial charge on any atom is -0.444 e. The molecule has 8 nitrogen and oxygen atoms in total. The second kappa shape index (κ2) is 9.46. The predicted octanol–water partition coefficient (Wildman–Crippen LogP) is 5.80. The van der Waals surface area contributed by atoms with Crippen LogP contribution in [0.25, 0.3) is 0 Å². The summed E-state index contributed by atoms with van der Waals surface area (Å²) in [7, 11) is 0. The molecule has 1 unspecified atom stereocenters. The zero-order valence-electron chi connectivity index (χ0n) is 21.9. The molecule has 2 aromatic rings. The highest BCUT2D eigenvalue weighted by atomic mass is 32.2. The van der Waals surface area contributed by atoms with Crippen LogP contribution in [0.5, 0.6) is 0 Å². The minimum atomic E-state index is -4.72. The number of hydrogen-bond acceptors (Lipinski definition) is 6. The quantitative estimate of drug-likeness (QED) is 0.457. The lowest BCUT2D eigenvalue weighted by Gasteiger charge is -2.60. The lowest BCUT2D eigenvalue weighted by Crippen LogP contribution is -2.66. The highest BCUT2D eigenvalue weighted by Gasteiger charge is 2.57. The van der Waals surface area contributed by atoms with Crippen molar-refractivity contribution < 1.29 is 27.5 Å². The number of rotatable bonds is 6. The number of nitrogens with one attached hydrogen (secondary N) is 1. The topological polar surface area (TPSA) is 89.4 Å². The Labute approximate surface area is 223 Å². The summed E-state index contributed by atoms with van der Waals surface area (Å²) < 4.78 is 49.8. The molecule has 3 aliphatic rings. The number of anilines is 1. The summed E-state index contributed by atoms with van der Waals surface area (Å²) in [5, 5.41) is 7.68. The van der Waals surface area contributed by atoms with Crippen LogP contribution in [0.15, 0.2) is 23.4 Å². The zero-order valence-corrected chi connectivity index (χ0v) is 22.7. The molecular weight excluding hydrogens is 519 g/mol. The third-order valence-electron chi connectivity index (χ3n) is 7.56. The zero-order chi connectivity index (χ0) is 27.5. The van der Waals surface area contributed by atoms with Gasteiger partial charge in [0.25, 0.3) is 5.91 Å². The summed E-state index contributed by atoms with van der Waals surface area (Å²) in [5.41, 5.74) is -1.85. The van der Waals surface area contributed by atoms with E-state index in [1.165, 1.54) is 22.6 Å². The van der Waals surface area contributed by atoms with Crippen molar-refractivity contribution in [3.05, 3.63) is 35.3 Å². The normalized spacial score (nSPS) is 20.6. The summed E-state index contributed by atoms with van der Waals surface area (Å²) >= 11 is 1.37. The van der Waals surface area contributed by atoms with E-state index in [1.807, 2.05) is 6.26 Å². The molecular formula is C26H32F3N5O3S. The molecule has 2 amide bonds. The van der Waals surface area contributed by atoms with Crippen molar-refractivity contribution in [3.63, 3.8) is 0 Å². The molecule has 2 aromatic heterocycles. The molecule has 12 heteroatoms. The molecule has 3 heterocycles. The van der Waals surface area contributed by atoms with Gasteiger partial charge in [-0.15, -0.1) is 11.8 Å². The predicted molar refractivity (Wildman–Crippen MR) is 136 cm³/mol. The number of nitrogens with zero attached hydrogens (tertiary/aromatic N) is 4. The number of pyridine rings is 1. The van der Waals surface area contributed by atoms with Crippen molar-refractivity contribution in [2.24, 2.45) is 11.3 Å². The van der Waals surface area contributed by atoms with Gasteiger partial charge in [-0.05, 0) is 70.8 Å². The Kier molecular flexibility index (Phi) is 6.68. The van der Waals surface area contributed by atoms with E-state index < -0.39 is 28.9 Å². The lowest BCUT2D eigenvalue weighted by atomic mass is 9.56. The number of carbonyl (C=O) groups is 2. The summed E-state index contributed by atoms with van der Waals surface area (Å²) in [5.74, 6) is -1.12. The van der Waals surface area contributed by atoms with Crippen LogP contribution < -0.4 is 5.32 Å². The molecule has 5 rings (SSSR count).